The van der Waals surface area contributed by atoms with E-state index in [2.05, 4.69) is 47.9 Å². The molecule has 2 aromatic heterocycles. The number of carbonyl (C=O) groups excluding carboxylic acids is 12. The van der Waals surface area contributed by atoms with Crippen molar-refractivity contribution >= 4 is 81.9 Å². The second kappa shape index (κ2) is 31.3. The molecule has 0 spiro atoms. The van der Waals surface area contributed by atoms with Crippen LogP contribution in [0, 0.1) is 12.7 Å². The minimum atomic E-state index is -2.09. The van der Waals surface area contributed by atoms with Crippen LogP contribution in [0.25, 0.3) is 22.3 Å². The van der Waals surface area contributed by atoms with Crippen LogP contribution in [-0.2, 0) is 103 Å². The van der Waals surface area contributed by atoms with Gasteiger partial charge in [0.05, 0.1) is 61.3 Å². The molecule has 4 aromatic rings. The van der Waals surface area contributed by atoms with Gasteiger partial charge in [-0.3, -0.25) is 62.4 Å². The number of halogens is 1. The van der Waals surface area contributed by atoms with Crippen molar-refractivity contribution in [2.45, 2.75) is 126 Å². The van der Waals surface area contributed by atoms with Crippen LogP contribution in [-0.4, -0.2) is 213 Å². The predicted octanol–water partition coefficient (Wildman–Crippen LogP) is -5.55. The SMILES string of the molecule is CC[C@@]1(O)C(=O)OCc2c1cc1n(c2=O)Cc2c-1nc1cc(F)c(C)c3c1c2[C@@H](NC(=O)COCNC(=O)CNC(=O)[C@H](Cc1ccccc1)NC(=O)CNC(=O)CNC(=O)C(CCC(=O)NC[C@@H]1O[C@H](CO)[C@@H](O)[C@H](O)[C@H]1O)NC(=O)CCNC(=O)CN1C(=O)C=CC1=O)CC3. The maximum absolute atomic E-state index is 15.5. The summed E-state index contributed by atoms with van der Waals surface area (Å²) in [6.07, 6.45) is -6.44. The van der Waals surface area contributed by atoms with Gasteiger partial charge in [-0.25, -0.2) is 14.2 Å². The average Bonchev–Trinajstić information content (AvgIpc) is 1.57. The molecule has 0 radical (unpaired) electrons. The highest BCUT2D eigenvalue weighted by Gasteiger charge is 2.47. The van der Waals surface area contributed by atoms with Crippen LogP contribution in [0.2, 0.25) is 0 Å². The summed E-state index contributed by atoms with van der Waals surface area (Å²) in [5, 5.41) is 74.2. The minimum absolute atomic E-state index is 0.0105. The zero-order chi connectivity index (χ0) is 70.0. The Kier molecular flexibility index (Phi) is 23.0. The van der Waals surface area contributed by atoms with Crippen LogP contribution in [0.1, 0.15) is 84.0 Å². The molecule has 0 bridgehead atoms. The lowest BCUT2D eigenvalue weighted by Crippen LogP contribution is -2.60. The standard InChI is InChI=1S/C63H73FN12O21/c1-3-63(94)35-18-41-55-33(24-75(41)61(92)34(35)27-96-62(63)93)54-37(10-9-32-30(2)36(64)19-39(74-55)53(32)54)71-50(84)28-95-29-70-47(81)22-69-60(91)40(17-31-7-5-4-6-8-31)73-48(82)23-67-46(80)21-68-59(90)38(72-45(79)15-16-65-49(83)25-76-51(85)13-14-52(76)86)11-12-44(78)66-20-42-56(87)58(89)57(88)43(26-77)97-42/h4-8,13-14,18-19,37-38,40,42-43,56-58,77,87-89,94H,3,9-12,15-17,20-29H2,1-2H3,(H,65,83)(H,66,78)(H,67,80)(H,68,90)(H,69,91)(H,70,81)(H,71,84)(H,72,79)(H,73,82)/t37-,38?,40-,42-,43+,56-,57+,58+,63-/m0/s1. The number of nitrogens with zero attached hydrogens (tertiary/aromatic N) is 3. The Morgan fingerprint density at radius 1 is 0.753 bits per heavy atom. The number of fused-ring (bicyclic) bond motifs is 5. The van der Waals surface area contributed by atoms with Gasteiger partial charge in [-0.05, 0) is 60.9 Å². The lowest BCUT2D eigenvalue weighted by atomic mass is 9.81. The summed E-state index contributed by atoms with van der Waals surface area (Å²) in [5.74, 6) is -10.2. The number of cyclic esters (lactones) is 1. The van der Waals surface area contributed by atoms with Crippen molar-refractivity contribution in [1.82, 2.24) is 62.3 Å². The lowest BCUT2D eigenvalue weighted by Gasteiger charge is -2.40. The van der Waals surface area contributed by atoms with Crippen LogP contribution in [0.4, 0.5) is 4.39 Å². The fourth-order valence-corrected chi connectivity index (χ4v) is 12.0. The molecular weight excluding hydrogens is 1280 g/mol. The van der Waals surface area contributed by atoms with Gasteiger partial charge in [-0.15, -0.1) is 0 Å². The molecule has 1 aliphatic carbocycles. The molecule has 5 aliphatic rings. The molecule has 4 aliphatic heterocycles. The number of nitrogens with one attached hydrogen (secondary N) is 9. The van der Waals surface area contributed by atoms with Crippen LogP contribution in [0.3, 0.4) is 0 Å². The number of hydrogen-bond donors (Lipinski definition) is 14. The quantitative estimate of drug-likeness (QED) is 0.00919. The largest absolute Gasteiger partial charge is 0.458 e. The van der Waals surface area contributed by atoms with Crippen molar-refractivity contribution in [2.24, 2.45) is 0 Å². The summed E-state index contributed by atoms with van der Waals surface area (Å²) in [7, 11) is 0. The topological polar surface area (TPSA) is 480 Å². The molecule has 97 heavy (non-hydrogen) atoms. The molecule has 518 valence electrons. The number of imide groups is 1. The third kappa shape index (κ3) is 16.5. The van der Waals surface area contributed by atoms with Gasteiger partial charge < -0.3 is 92.2 Å². The number of esters is 1. The van der Waals surface area contributed by atoms with Crippen LogP contribution >= 0.6 is 0 Å². The molecule has 2 aromatic carbocycles. The monoisotopic (exact) mass is 1350 g/mol. The molecule has 9 atom stereocenters. The molecule has 6 heterocycles. The number of rotatable bonds is 29. The number of aromatic nitrogens is 2. The molecule has 0 saturated carbocycles. The molecular formula is C63H73FN12O21. The van der Waals surface area contributed by atoms with E-state index in [9.17, 15) is 87.9 Å². The van der Waals surface area contributed by atoms with Gasteiger partial charge in [0, 0.05) is 67.1 Å². The average molecular weight is 1350 g/mol. The van der Waals surface area contributed by atoms with Crippen molar-refractivity contribution in [1.29, 1.82) is 0 Å². The van der Waals surface area contributed by atoms with E-state index in [-0.39, 0.29) is 49.2 Å². The second-order valence-corrected chi connectivity index (χ2v) is 23.6. The zero-order valence-corrected chi connectivity index (χ0v) is 52.5. The normalized spacial score (nSPS) is 21.0. The summed E-state index contributed by atoms with van der Waals surface area (Å²) in [4.78, 5) is 174. The first kappa shape index (κ1) is 71.3. The molecule has 14 N–H and O–H groups in total. The molecule has 1 unspecified atom stereocenters. The third-order valence-electron chi connectivity index (χ3n) is 17.2. The van der Waals surface area contributed by atoms with Gasteiger partial charge in [-0.1, -0.05) is 37.3 Å². The highest BCUT2D eigenvalue weighted by atomic mass is 19.1. The fourth-order valence-electron chi connectivity index (χ4n) is 12.0. The van der Waals surface area contributed by atoms with Gasteiger partial charge in [0.1, 0.15) is 74.9 Å². The Hall–Kier alpha value is -9.97. The number of aliphatic hydroxyl groups excluding tert-OH is 4. The summed E-state index contributed by atoms with van der Waals surface area (Å²) in [5.41, 5.74) is 1.35. The van der Waals surface area contributed by atoms with Crippen molar-refractivity contribution in [3.63, 3.8) is 0 Å². The van der Waals surface area contributed by atoms with Gasteiger partial charge >= 0.3 is 5.97 Å². The summed E-state index contributed by atoms with van der Waals surface area (Å²) >= 11 is 0. The van der Waals surface area contributed by atoms with Gasteiger partial charge in [0.25, 0.3) is 17.4 Å². The number of aryl methyl sites for hydroxylation is 1. The highest BCUT2D eigenvalue weighted by molar-refractivity contribution is 6.14. The second-order valence-electron chi connectivity index (χ2n) is 23.6. The first-order valence-electron chi connectivity index (χ1n) is 31.1. The van der Waals surface area contributed by atoms with Crippen molar-refractivity contribution < 1.29 is 102 Å². The molecule has 1 saturated heterocycles. The van der Waals surface area contributed by atoms with Gasteiger partial charge in [-0.2, -0.15) is 0 Å². The molecule has 34 heteroatoms. The first-order chi connectivity index (χ1) is 46.3. The fraction of sp³-hybridized carbons (Fsp3) is 0.460. The lowest BCUT2D eigenvalue weighted by molar-refractivity contribution is -0.227. The minimum Gasteiger partial charge on any atom is -0.458 e. The summed E-state index contributed by atoms with van der Waals surface area (Å²) in [6.45, 7) is -2.41. The van der Waals surface area contributed by atoms with E-state index in [1.807, 2.05) is 0 Å². The Labute approximate surface area is 550 Å². The molecule has 1 fully saturated rings. The number of carbonyl (C=O) groups is 12. The summed E-state index contributed by atoms with van der Waals surface area (Å²) < 4.78 is 33.0. The van der Waals surface area contributed by atoms with Gasteiger partial charge in [0.15, 0.2) is 5.60 Å². The van der Waals surface area contributed by atoms with Crippen LogP contribution in [0.5, 0.6) is 0 Å². The maximum atomic E-state index is 15.5. The number of ether oxygens (including phenoxy) is 3. The van der Waals surface area contributed by atoms with E-state index in [1.165, 1.54) is 16.7 Å². The Balaban J connectivity index is 0.744. The number of hydrogen-bond acceptors (Lipinski definition) is 22. The van der Waals surface area contributed by atoms with E-state index < -0.39 is 209 Å². The Morgan fingerprint density at radius 3 is 2.12 bits per heavy atom. The molecule has 9 rings (SSSR count). The van der Waals surface area contributed by atoms with E-state index in [1.54, 1.807) is 44.2 Å². The molecule has 11 amide bonds. The Bertz CT molecular complexity index is 3890. The smallest absolute Gasteiger partial charge is 0.343 e. The van der Waals surface area contributed by atoms with Crippen LogP contribution < -0.4 is 53.4 Å². The highest BCUT2D eigenvalue weighted by Crippen LogP contribution is 2.46. The van der Waals surface area contributed by atoms with E-state index in [0.29, 0.717) is 62.3 Å². The predicted molar refractivity (Wildman–Crippen MR) is 330 cm³/mol. The van der Waals surface area contributed by atoms with Crippen molar-refractivity contribution in [3.8, 4) is 11.4 Å². The Morgan fingerprint density at radius 2 is 1.42 bits per heavy atom. The van der Waals surface area contributed by atoms with E-state index in [4.69, 9.17) is 19.2 Å². The van der Waals surface area contributed by atoms with E-state index >= 15 is 4.39 Å². The number of amides is 11. The van der Waals surface area contributed by atoms with Crippen molar-refractivity contribution in [3.05, 3.63) is 110 Å². The number of benzene rings is 2. The van der Waals surface area contributed by atoms with Gasteiger partial charge in [0.2, 0.25) is 53.2 Å². The van der Waals surface area contributed by atoms with Crippen molar-refractivity contribution in [2.75, 3.05) is 59.2 Å². The zero-order valence-electron chi connectivity index (χ0n) is 52.5. The maximum Gasteiger partial charge on any atom is 0.343 e. The number of pyridine rings is 2. The third-order valence-corrected chi connectivity index (χ3v) is 17.2. The summed E-state index contributed by atoms with van der Waals surface area (Å²) in [6, 6.07) is 7.73. The number of aliphatic hydroxyl groups is 5. The first-order valence-corrected chi connectivity index (χ1v) is 31.1. The molecule has 33 nitrogen and oxygen atoms in total. The van der Waals surface area contributed by atoms with E-state index in [0.717, 1.165) is 12.2 Å². The van der Waals surface area contributed by atoms with Crippen LogP contribution in [0.15, 0.2) is 59.4 Å².